The van der Waals surface area contributed by atoms with Gasteiger partial charge in [0.05, 0.1) is 5.52 Å². The minimum atomic E-state index is 0.218. The molecule has 2 heteroatoms. The molecule has 0 spiro atoms. The number of aryl methyl sites for hydroxylation is 2. The molecule has 2 rings (SSSR count). The molecule has 15 heavy (non-hydrogen) atoms. The normalized spacial score (nSPS) is 11.1. The van der Waals surface area contributed by atoms with Crippen LogP contribution >= 0.6 is 0 Å². The zero-order valence-electron chi connectivity index (χ0n) is 9.33. The van der Waals surface area contributed by atoms with Gasteiger partial charge in [-0.05, 0) is 25.5 Å². The van der Waals surface area contributed by atoms with Crippen LogP contribution in [0.3, 0.4) is 0 Å². The van der Waals surface area contributed by atoms with Gasteiger partial charge in [0, 0.05) is 30.7 Å². The molecular weight excluding hydrogens is 186 g/mol. The topological polar surface area (TPSA) is 25.2 Å². The fourth-order valence-corrected chi connectivity index (χ4v) is 2.25. The predicted molar refractivity (Wildman–Crippen MR) is 63.1 cm³/mol. The number of rotatable bonds is 3. The number of benzene rings is 1. The Bertz CT molecular complexity index is 471. The maximum atomic E-state index is 9.02. The Morgan fingerprint density at radius 2 is 2.13 bits per heavy atom. The minimum Gasteiger partial charge on any atom is -0.396 e. The van der Waals surface area contributed by atoms with Crippen LogP contribution in [0.1, 0.15) is 18.2 Å². The van der Waals surface area contributed by atoms with Gasteiger partial charge in [-0.2, -0.15) is 0 Å². The van der Waals surface area contributed by atoms with E-state index in [1.165, 1.54) is 22.2 Å². The lowest BCUT2D eigenvalue weighted by Gasteiger charge is -2.08. The van der Waals surface area contributed by atoms with Gasteiger partial charge in [0.25, 0.3) is 0 Å². The second-order valence-electron chi connectivity index (χ2n) is 3.87. The second kappa shape index (κ2) is 4.07. The average molecular weight is 203 g/mol. The van der Waals surface area contributed by atoms with E-state index >= 15 is 0 Å². The lowest BCUT2D eigenvalue weighted by atomic mass is 10.2. The summed E-state index contributed by atoms with van der Waals surface area (Å²) in [6.07, 6.45) is 0.738. The van der Waals surface area contributed by atoms with Gasteiger partial charge in [-0.3, -0.25) is 0 Å². The first-order valence-corrected chi connectivity index (χ1v) is 5.46. The number of fused-ring (bicyclic) bond motifs is 1. The molecule has 1 aromatic carbocycles. The molecule has 0 aliphatic rings. The van der Waals surface area contributed by atoms with Crippen molar-refractivity contribution < 1.29 is 5.11 Å². The average Bonchev–Trinajstić information content (AvgIpc) is 2.57. The summed E-state index contributed by atoms with van der Waals surface area (Å²) >= 11 is 0. The van der Waals surface area contributed by atoms with E-state index in [-0.39, 0.29) is 6.61 Å². The van der Waals surface area contributed by atoms with E-state index in [2.05, 4.69) is 42.7 Å². The maximum absolute atomic E-state index is 9.02. The van der Waals surface area contributed by atoms with E-state index in [0.29, 0.717) is 0 Å². The molecule has 0 aliphatic carbocycles. The van der Waals surface area contributed by atoms with E-state index in [4.69, 9.17) is 5.11 Å². The summed E-state index contributed by atoms with van der Waals surface area (Å²) < 4.78 is 2.29. The highest BCUT2D eigenvalue weighted by Gasteiger charge is 2.08. The van der Waals surface area contributed by atoms with Crippen molar-refractivity contribution >= 4 is 10.9 Å². The number of hydrogen-bond acceptors (Lipinski definition) is 1. The summed E-state index contributed by atoms with van der Waals surface area (Å²) in [5, 5.41) is 10.3. The summed E-state index contributed by atoms with van der Waals surface area (Å²) in [5.41, 5.74) is 3.84. The zero-order valence-corrected chi connectivity index (χ0v) is 9.33. The maximum Gasteiger partial charge on any atom is 0.0512 e. The first-order chi connectivity index (χ1) is 7.27. The number of para-hydroxylation sites is 1. The van der Waals surface area contributed by atoms with Gasteiger partial charge in [0.2, 0.25) is 0 Å². The van der Waals surface area contributed by atoms with Crippen LogP contribution < -0.4 is 0 Å². The summed E-state index contributed by atoms with van der Waals surface area (Å²) in [7, 11) is 0. The second-order valence-corrected chi connectivity index (χ2v) is 3.87. The highest BCUT2D eigenvalue weighted by molar-refractivity contribution is 5.84. The zero-order chi connectivity index (χ0) is 10.8. The number of hydrogen-bond donors (Lipinski definition) is 1. The van der Waals surface area contributed by atoms with Gasteiger partial charge in [0.1, 0.15) is 0 Å². The summed E-state index contributed by atoms with van der Waals surface area (Å²) in [4.78, 5) is 0. The predicted octanol–water partition coefficient (Wildman–Crippen LogP) is 2.50. The summed E-state index contributed by atoms with van der Waals surface area (Å²) in [6.45, 7) is 5.46. The highest BCUT2D eigenvalue weighted by Crippen LogP contribution is 2.23. The van der Waals surface area contributed by atoms with Crippen molar-refractivity contribution in [1.82, 2.24) is 4.57 Å². The van der Waals surface area contributed by atoms with Crippen molar-refractivity contribution in [1.29, 1.82) is 0 Å². The molecule has 1 N–H and O–H groups in total. The largest absolute Gasteiger partial charge is 0.396 e. The number of aromatic nitrogens is 1. The van der Waals surface area contributed by atoms with E-state index in [1.807, 2.05) is 0 Å². The molecule has 80 valence electrons. The van der Waals surface area contributed by atoms with Crippen LogP contribution in [-0.4, -0.2) is 16.3 Å². The van der Waals surface area contributed by atoms with E-state index in [9.17, 15) is 0 Å². The van der Waals surface area contributed by atoms with Crippen molar-refractivity contribution in [3.63, 3.8) is 0 Å². The Labute approximate surface area is 90.2 Å². The van der Waals surface area contributed by atoms with Crippen molar-refractivity contribution in [2.24, 2.45) is 0 Å². The molecule has 0 saturated carbocycles. The Kier molecular flexibility index (Phi) is 2.78. The Morgan fingerprint density at radius 3 is 2.80 bits per heavy atom. The van der Waals surface area contributed by atoms with Crippen molar-refractivity contribution in [2.45, 2.75) is 26.8 Å². The first kappa shape index (κ1) is 10.2. The van der Waals surface area contributed by atoms with Gasteiger partial charge >= 0.3 is 0 Å². The molecule has 0 aliphatic heterocycles. The van der Waals surface area contributed by atoms with Crippen LogP contribution in [0.4, 0.5) is 0 Å². The third kappa shape index (κ3) is 1.65. The van der Waals surface area contributed by atoms with Gasteiger partial charge < -0.3 is 9.67 Å². The molecule has 1 heterocycles. The van der Waals surface area contributed by atoms with Crippen LogP contribution in [0.2, 0.25) is 0 Å². The van der Waals surface area contributed by atoms with Crippen LogP contribution in [0.25, 0.3) is 10.9 Å². The third-order valence-electron chi connectivity index (χ3n) is 2.89. The van der Waals surface area contributed by atoms with Gasteiger partial charge in [-0.25, -0.2) is 0 Å². The van der Waals surface area contributed by atoms with Crippen molar-refractivity contribution in [2.75, 3.05) is 6.61 Å². The van der Waals surface area contributed by atoms with Crippen molar-refractivity contribution in [3.8, 4) is 0 Å². The number of aliphatic hydroxyl groups excluding tert-OH is 1. The molecule has 0 radical (unpaired) electrons. The van der Waals surface area contributed by atoms with Gasteiger partial charge in [-0.1, -0.05) is 18.2 Å². The molecule has 0 atom stereocenters. The molecule has 0 unspecified atom stereocenters. The first-order valence-electron chi connectivity index (χ1n) is 5.46. The highest BCUT2D eigenvalue weighted by atomic mass is 16.3. The number of nitrogens with zero attached hydrogens (tertiary/aromatic N) is 1. The van der Waals surface area contributed by atoms with Crippen LogP contribution in [0.5, 0.6) is 0 Å². The number of aliphatic hydroxyl groups is 1. The molecular formula is C13H17NO. The summed E-state index contributed by atoms with van der Waals surface area (Å²) in [5.74, 6) is 0. The van der Waals surface area contributed by atoms with Gasteiger partial charge in [-0.15, -0.1) is 0 Å². The SMILES string of the molecule is CCn1c(CCO)cc2cccc(C)c21. The van der Waals surface area contributed by atoms with Crippen LogP contribution in [0, 0.1) is 6.92 Å². The van der Waals surface area contributed by atoms with E-state index < -0.39 is 0 Å². The Morgan fingerprint density at radius 1 is 1.33 bits per heavy atom. The molecule has 2 nitrogen and oxygen atoms in total. The fourth-order valence-electron chi connectivity index (χ4n) is 2.25. The Balaban J connectivity index is 2.68. The standard InChI is InChI=1S/C13H17NO/c1-3-14-12(7-8-15)9-11-6-4-5-10(2)13(11)14/h4-6,9,15H,3,7-8H2,1-2H3. The van der Waals surface area contributed by atoms with E-state index in [1.54, 1.807) is 0 Å². The van der Waals surface area contributed by atoms with Crippen molar-refractivity contribution in [3.05, 3.63) is 35.5 Å². The molecule has 0 saturated heterocycles. The smallest absolute Gasteiger partial charge is 0.0512 e. The van der Waals surface area contributed by atoms with Gasteiger partial charge in [0.15, 0.2) is 0 Å². The third-order valence-corrected chi connectivity index (χ3v) is 2.89. The molecule has 0 fully saturated rings. The van der Waals surface area contributed by atoms with E-state index in [0.717, 1.165) is 13.0 Å². The summed E-state index contributed by atoms with van der Waals surface area (Å²) in [6, 6.07) is 8.54. The molecule has 0 bridgehead atoms. The molecule has 2 aromatic rings. The lowest BCUT2D eigenvalue weighted by Crippen LogP contribution is -2.03. The Hall–Kier alpha value is -1.28. The minimum absolute atomic E-state index is 0.218. The van der Waals surface area contributed by atoms with Crippen LogP contribution in [-0.2, 0) is 13.0 Å². The quantitative estimate of drug-likeness (QED) is 0.814. The molecule has 1 aromatic heterocycles. The lowest BCUT2D eigenvalue weighted by molar-refractivity contribution is 0.296. The fraction of sp³-hybridized carbons (Fsp3) is 0.385. The van der Waals surface area contributed by atoms with Crippen LogP contribution in [0.15, 0.2) is 24.3 Å². The monoisotopic (exact) mass is 203 g/mol. The molecule has 0 amide bonds.